The Labute approximate surface area is 92.1 Å². The van der Waals surface area contributed by atoms with E-state index in [0.29, 0.717) is 5.56 Å². The van der Waals surface area contributed by atoms with E-state index in [1.807, 2.05) is 0 Å². The Morgan fingerprint density at radius 1 is 1.38 bits per heavy atom. The van der Waals surface area contributed by atoms with Crippen LogP contribution in [-0.4, -0.2) is 17.0 Å². The van der Waals surface area contributed by atoms with E-state index >= 15 is 0 Å². The SMILES string of the molecule is CCC(=O)NC(C(=O)O)c1ccc(F)cc1. The number of carbonyl (C=O) groups excluding carboxylic acids is 1. The molecule has 0 fully saturated rings. The largest absolute Gasteiger partial charge is 0.479 e. The lowest BCUT2D eigenvalue weighted by molar-refractivity contribution is -0.142. The number of hydrogen-bond donors (Lipinski definition) is 2. The Morgan fingerprint density at radius 2 is 1.94 bits per heavy atom. The molecule has 4 nitrogen and oxygen atoms in total. The van der Waals surface area contributed by atoms with Crippen LogP contribution in [0.3, 0.4) is 0 Å². The fourth-order valence-corrected chi connectivity index (χ4v) is 1.21. The summed E-state index contributed by atoms with van der Waals surface area (Å²) in [5, 5.41) is 11.3. The van der Waals surface area contributed by atoms with E-state index in [2.05, 4.69) is 5.32 Å². The average molecular weight is 225 g/mol. The molecule has 0 spiro atoms. The predicted octanol–water partition coefficient (Wildman–Crippen LogP) is 1.48. The highest BCUT2D eigenvalue weighted by Gasteiger charge is 2.21. The van der Waals surface area contributed by atoms with E-state index in [4.69, 9.17) is 5.11 Å². The van der Waals surface area contributed by atoms with Gasteiger partial charge in [-0.2, -0.15) is 0 Å². The molecule has 0 saturated heterocycles. The molecule has 86 valence electrons. The number of amides is 1. The molecule has 1 rings (SSSR count). The number of hydrogen-bond acceptors (Lipinski definition) is 2. The molecular weight excluding hydrogens is 213 g/mol. The molecule has 0 aromatic heterocycles. The Balaban J connectivity index is 2.89. The van der Waals surface area contributed by atoms with Crippen LogP contribution in [0.4, 0.5) is 4.39 Å². The second kappa shape index (κ2) is 5.25. The van der Waals surface area contributed by atoms with Gasteiger partial charge in [-0.25, -0.2) is 9.18 Å². The smallest absolute Gasteiger partial charge is 0.330 e. The van der Waals surface area contributed by atoms with Crippen LogP contribution in [0.25, 0.3) is 0 Å². The molecule has 0 aliphatic heterocycles. The van der Waals surface area contributed by atoms with Crippen molar-refractivity contribution in [2.24, 2.45) is 0 Å². The first-order valence-corrected chi connectivity index (χ1v) is 4.82. The molecule has 0 heterocycles. The maximum absolute atomic E-state index is 12.6. The van der Waals surface area contributed by atoms with Gasteiger partial charge in [0.05, 0.1) is 0 Å². The van der Waals surface area contributed by atoms with Crippen LogP contribution in [0, 0.1) is 5.82 Å². The zero-order valence-corrected chi connectivity index (χ0v) is 8.74. The molecule has 0 bridgehead atoms. The van der Waals surface area contributed by atoms with Gasteiger partial charge in [0.15, 0.2) is 6.04 Å². The first-order valence-electron chi connectivity index (χ1n) is 4.82. The van der Waals surface area contributed by atoms with Crippen molar-refractivity contribution in [3.05, 3.63) is 35.6 Å². The average Bonchev–Trinajstić information content (AvgIpc) is 2.26. The molecule has 0 radical (unpaired) electrons. The lowest BCUT2D eigenvalue weighted by atomic mass is 10.1. The number of benzene rings is 1. The van der Waals surface area contributed by atoms with Crippen LogP contribution in [0.2, 0.25) is 0 Å². The number of nitrogens with one attached hydrogen (secondary N) is 1. The van der Waals surface area contributed by atoms with Crippen molar-refractivity contribution in [3.63, 3.8) is 0 Å². The van der Waals surface area contributed by atoms with Gasteiger partial charge in [0, 0.05) is 6.42 Å². The second-order valence-electron chi connectivity index (χ2n) is 3.24. The molecule has 2 N–H and O–H groups in total. The Bertz CT molecular complexity index is 389. The van der Waals surface area contributed by atoms with Crippen LogP contribution in [0.5, 0.6) is 0 Å². The molecule has 0 saturated carbocycles. The van der Waals surface area contributed by atoms with Crippen LogP contribution in [-0.2, 0) is 9.59 Å². The van der Waals surface area contributed by atoms with Gasteiger partial charge in [-0.15, -0.1) is 0 Å². The third-order valence-electron chi connectivity index (χ3n) is 2.08. The minimum Gasteiger partial charge on any atom is -0.479 e. The monoisotopic (exact) mass is 225 g/mol. The van der Waals surface area contributed by atoms with E-state index in [-0.39, 0.29) is 12.3 Å². The van der Waals surface area contributed by atoms with Crippen LogP contribution < -0.4 is 5.32 Å². The van der Waals surface area contributed by atoms with E-state index < -0.39 is 17.8 Å². The van der Waals surface area contributed by atoms with Crippen LogP contribution in [0.1, 0.15) is 24.9 Å². The molecule has 1 aromatic rings. The molecule has 16 heavy (non-hydrogen) atoms. The van der Waals surface area contributed by atoms with Crippen molar-refractivity contribution >= 4 is 11.9 Å². The van der Waals surface area contributed by atoms with E-state index in [1.165, 1.54) is 12.1 Å². The summed E-state index contributed by atoms with van der Waals surface area (Å²) in [5.41, 5.74) is 0.343. The molecule has 5 heteroatoms. The van der Waals surface area contributed by atoms with Crippen molar-refractivity contribution in [3.8, 4) is 0 Å². The number of aliphatic carboxylic acids is 1. The fourth-order valence-electron chi connectivity index (χ4n) is 1.21. The predicted molar refractivity (Wildman–Crippen MR) is 55.2 cm³/mol. The third kappa shape index (κ3) is 3.05. The zero-order chi connectivity index (χ0) is 12.1. The summed E-state index contributed by atoms with van der Waals surface area (Å²) in [6, 6.07) is 3.86. The zero-order valence-electron chi connectivity index (χ0n) is 8.74. The van der Waals surface area contributed by atoms with Gasteiger partial charge >= 0.3 is 5.97 Å². The number of rotatable bonds is 4. The number of carboxylic acids is 1. The maximum atomic E-state index is 12.6. The standard InChI is InChI=1S/C11H12FNO3/c1-2-9(14)13-10(11(15)16)7-3-5-8(12)6-4-7/h3-6,10H,2H2,1H3,(H,13,14)(H,15,16). The summed E-state index contributed by atoms with van der Waals surface area (Å²) in [5.74, 6) is -1.99. The van der Waals surface area contributed by atoms with Crippen molar-refractivity contribution in [2.75, 3.05) is 0 Å². The topological polar surface area (TPSA) is 66.4 Å². The van der Waals surface area contributed by atoms with Gasteiger partial charge in [0.1, 0.15) is 5.82 Å². The first kappa shape index (κ1) is 12.2. The summed E-state index contributed by atoms with van der Waals surface area (Å²) in [7, 11) is 0. The Morgan fingerprint density at radius 3 is 2.38 bits per heavy atom. The number of halogens is 1. The summed E-state index contributed by atoms with van der Waals surface area (Å²) in [4.78, 5) is 22.0. The van der Waals surface area contributed by atoms with Crippen molar-refractivity contribution < 1.29 is 19.1 Å². The lowest BCUT2D eigenvalue weighted by Crippen LogP contribution is -2.33. The summed E-state index contributed by atoms with van der Waals surface area (Å²) in [6.07, 6.45) is 0.199. The minimum atomic E-state index is -1.17. The maximum Gasteiger partial charge on any atom is 0.330 e. The van der Waals surface area contributed by atoms with Gasteiger partial charge in [0.2, 0.25) is 5.91 Å². The summed E-state index contributed by atoms with van der Waals surface area (Å²) >= 11 is 0. The minimum absolute atomic E-state index is 0.199. The Kier molecular flexibility index (Phi) is 3.99. The molecule has 1 aromatic carbocycles. The van der Waals surface area contributed by atoms with Crippen molar-refractivity contribution in [2.45, 2.75) is 19.4 Å². The lowest BCUT2D eigenvalue weighted by Gasteiger charge is -2.14. The van der Waals surface area contributed by atoms with Crippen molar-refractivity contribution in [1.82, 2.24) is 5.32 Å². The molecule has 1 atom stereocenters. The van der Waals surface area contributed by atoms with E-state index in [9.17, 15) is 14.0 Å². The molecule has 0 aliphatic carbocycles. The van der Waals surface area contributed by atoms with Gasteiger partial charge in [0.25, 0.3) is 0 Å². The third-order valence-corrected chi connectivity index (χ3v) is 2.08. The highest BCUT2D eigenvalue weighted by Crippen LogP contribution is 2.14. The van der Waals surface area contributed by atoms with Gasteiger partial charge in [-0.1, -0.05) is 19.1 Å². The van der Waals surface area contributed by atoms with Gasteiger partial charge in [-0.05, 0) is 17.7 Å². The molecule has 0 aliphatic rings. The second-order valence-corrected chi connectivity index (χ2v) is 3.24. The number of carboxylic acid groups (broad SMARTS) is 1. The molecular formula is C11H12FNO3. The highest BCUT2D eigenvalue weighted by atomic mass is 19.1. The van der Waals surface area contributed by atoms with Crippen molar-refractivity contribution in [1.29, 1.82) is 0 Å². The van der Waals surface area contributed by atoms with E-state index in [0.717, 1.165) is 12.1 Å². The Hall–Kier alpha value is -1.91. The number of carbonyl (C=O) groups is 2. The summed E-state index contributed by atoms with van der Waals surface area (Å²) < 4.78 is 12.6. The van der Waals surface area contributed by atoms with E-state index in [1.54, 1.807) is 6.92 Å². The van der Waals surface area contributed by atoms with Gasteiger partial charge in [-0.3, -0.25) is 4.79 Å². The van der Waals surface area contributed by atoms with Crippen LogP contribution >= 0.6 is 0 Å². The first-order chi connectivity index (χ1) is 7.54. The molecule has 1 amide bonds. The summed E-state index contributed by atoms with van der Waals surface area (Å²) in [6.45, 7) is 1.62. The van der Waals surface area contributed by atoms with Crippen LogP contribution in [0.15, 0.2) is 24.3 Å². The fraction of sp³-hybridized carbons (Fsp3) is 0.273. The highest BCUT2D eigenvalue weighted by molar-refractivity contribution is 5.84. The molecule has 1 unspecified atom stereocenters. The quantitative estimate of drug-likeness (QED) is 0.815. The van der Waals surface area contributed by atoms with Gasteiger partial charge < -0.3 is 10.4 Å². The normalized spacial score (nSPS) is 11.9.